The Kier molecular flexibility index (Phi) is 6.00. The minimum absolute atomic E-state index is 0.110. The van der Waals surface area contributed by atoms with Gasteiger partial charge in [-0.2, -0.15) is 0 Å². The summed E-state index contributed by atoms with van der Waals surface area (Å²) in [7, 11) is 0. The summed E-state index contributed by atoms with van der Waals surface area (Å²) in [6.45, 7) is 6.90. The third-order valence-electron chi connectivity index (χ3n) is 5.87. The fraction of sp³-hybridized carbons (Fsp3) is 0.545. The normalized spacial score (nSPS) is 23.0. The quantitative estimate of drug-likeness (QED) is 0.807. The highest BCUT2D eigenvalue weighted by molar-refractivity contribution is 5.88. The van der Waals surface area contributed by atoms with Crippen LogP contribution in [-0.2, 0) is 9.59 Å². The molecule has 0 aromatic heterocycles. The number of carboxylic acids is 1. The summed E-state index contributed by atoms with van der Waals surface area (Å²) in [6, 6.07) is 10.5. The zero-order valence-corrected chi connectivity index (χ0v) is 16.3. The molecule has 27 heavy (non-hydrogen) atoms. The van der Waals surface area contributed by atoms with Crippen molar-refractivity contribution in [1.29, 1.82) is 0 Å². The van der Waals surface area contributed by atoms with E-state index in [-0.39, 0.29) is 12.3 Å². The molecule has 5 nitrogen and oxygen atoms in total. The van der Waals surface area contributed by atoms with Gasteiger partial charge in [0.15, 0.2) is 0 Å². The van der Waals surface area contributed by atoms with E-state index in [0.717, 1.165) is 26.1 Å². The second kappa shape index (κ2) is 8.26. The van der Waals surface area contributed by atoms with Gasteiger partial charge >= 0.3 is 5.97 Å². The molecular weight excluding hydrogens is 340 g/mol. The molecular formula is C22H30N2O3. The fourth-order valence-electron chi connectivity index (χ4n) is 4.25. The number of nitrogens with zero attached hydrogens (tertiary/aromatic N) is 1. The Labute approximate surface area is 161 Å². The van der Waals surface area contributed by atoms with Crippen LogP contribution in [0.15, 0.2) is 36.4 Å². The molecule has 1 atom stereocenters. The molecule has 1 spiro atoms. The van der Waals surface area contributed by atoms with Gasteiger partial charge in [-0.25, -0.2) is 0 Å². The first-order valence-corrected chi connectivity index (χ1v) is 9.90. The summed E-state index contributed by atoms with van der Waals surface area (Å²) in [5.74, 6) is -0.975. The van der Waals surface area contributed by atoms with E-state index in [2.05, 4.69) is 54.4 Å². The third kappa shape index (κ3) is 4.59. The number of aliphatic carboxylic acids is 1. The number of carboxylic acid groups (broad SMARTS) is 1. The van der Waals surface area contributed by atoms with Crippen molar-refractivity contribution in [2.24, 2.45) is 11.8 Å². The minimum atomic E-state index is -0.858. The number of hydrogen-bond acceptors (Lipinski definition) is 3. The molecule has 0 bridgehead atoms. The molecule has 0 saturated carbocycles. The molecule has 5 heteroatoms. The summed E-state index contributed by atoms with van der Waals surface area (Å²) in [5, 5.41) is 12.5. The van der Waals surface area contributed by atoms with Crippen molar-refractivity contribution in [1.82, 2.24) is 10.2 Å². The van der Waals surface area contributed by atoms with Crippen LogP contribution in [0.1, 0.15) is 45.1 Å². The zero-order chi connectivity index (χ0) is 19.4. The van der Waals surface area contributed by atoms with Crippen LogP contribution >= 0.6 is 0 Å². The van der Waals surface area contributed by atoms with E-state index in [1.165, 1.54) is 11.1 Å². The molecule has 1 amide bonds. The number of hydrogen-bond donors (Lipinski definition) is 2. The van der Waals surface area contributed by atoms with E-state index in [1.54, 1.807) is 0 Å². The molecule has 2 aliphatic heterocycles. The first-order valence-electron chi connectivity index (χ1n) is 9.90. The van der Waals surface area contributed by atoms with Crippen LogP contribution in [0.3, 0.4) is 0 Å². The fourth-order valence-corrected chi connectivity index (χ4v) is 4.25. The lowest BCUT2D eigenvalue weighted by molar-refractivity contribution is -0.144. The number of carbonyl (C=O) groups excluding carboxylic acids is 1. The molecule has 2 heterocycles. The van der Waals surface area contributed by atoms with Gasteiger partial charge in [0.2, 0.25) is 5.91 Å². The van der Waals surface area contributed by atoms with Crippen molar-refractivity contribution >= 4 is 17.4 Å². The highest BCUT2D eigenvalue weighted by Crippen LogP contribution is 2.37. The number of piperidine rings is 1. The maximum Gasteiger partial charge on any atom is 0.309 e. The van der Waals surface area contributed by atoms with Crippen LogP contribution < -0.4 is 5.32 Å². The Balaban J connectivity index is 1.68. The summed E-state index contributed by atoms with van der Waals surface area (Å²) < 4.78 is 0. The maximum atomic E-state index is 11.8. The van der Waals surface area contributed by atoms with Gasteiger partial charge in [0.05, 0.1) is 11.5 Å². The molecule has 0 unspecified atom stereocenters. The van der Waals surface area contributed by atoms with Crippen molar-refractivity contribution < 1.29 is 14.7 Å². The van der Waals surface area contributed by atoms with E-state index in [9.17, 15) is 14.7 Å². The van der Waals surface area contributed by atoms with Gasteiger partial charge in [-0.3, -0.25) is 14.5 Å². The molecule has 0 aliphatic carbocycles. The van der Waals surface area contributed by atoms with Crippen molar-refractivity contribution in [3.8, 4) is 0 Å². The summed E-state index contributed by atoms with van der Waals surface area (Å²) in [6.07, 6.45) is 4.88. The van der Waals surface area contributed by atoms with Crippen molar-refractivity contribution in [3.05, 3.63) is 42.0 Å². The number of rotatable bonds is 6. The first-order chi connectivity index (χ1) is 12.9. The topological polar surface area (TPSA) is 69.6 Å². The smallest absolute Gasteiger partial charge is 0.309 e. The molecule has 3 rings (SSSR count). The average Bonchev–Trinajstić information content (AvgIpc) is 2.97. The predicted octanol–water partition coefficient (Wildman–Crippen LogP) is 3.17. The van der Waals surface area contributed by atoms with Crippen LogP contribution in [0.25, 0.3) is 5.57 Å². The summed E-state index contributed by atoms with van der Waals surface area (Å²) >= 11 is 0. The van der Waals surface area contributed by atoms with Gasteiger partial charge in [-0.1, -0.05) is 50.3 Å². The van der Waals surface area contributed by atoms with Crippen LogP contribution in [0, 0.1) is 11.8 Å². The highest BCUT2D eigenvalue weighted by atomic mass is 16.4. The molecule has 0 radical (unpaired) electrons. The molecule has 146 valence electrons. The van der Waals surface area contributed by atoms with Crippen molar-refractivity contribution in [2.75, 3.05) is 19.6 Å². The second-order valence-electron chi connectivity index (χ2n) is 8.30. The summed E-state index contributed by atoms with van der Waals surface area (Å²) in [5.41, 5.74) is 2.01. The average molecular weight is 370 g/mol. The molecule has 2 saturated heterocycles. The van der Waals surface area contributed by atoms with Gasteiger partial charge in [-0.15, -0.1) is 0 Å². The lowest BCUT2D eigenvalue weighted by Crippen LogP contribution is -2.55. The number of amides is 1. The Morgan fingerprint density at radius 3 is 2.56 bits per heavy atom. The number of likely N-dealkylation sites (tertiary alicyclic amines) is 1. The van der Waals surface area contributed by atoms with Gasteiger partial charge in [0.25, 0.3) is 0 Å². The number of allylic oxidation sites excluding steroid dienone is 1. The Morgan fingerprint density at radius 2 is 1.96 bits per heavy atom. The standard InChI is InChI=1S/C22H30N2O3/c1-16(2)8-9-18(17-6-4-3-5-7-17)15-24-12-10-22(11-13-24)19(21(26)27)14-20(25)23-22/h3-7,9,16,19H,8,10-15H2,1-2H3,(H,23,25)(H,26,27)/b18-9+/t19-/m0/s1. The van der Waals surface area contributed by atoms with Crippen LogP contribution in [0.4, 0.5) is 0 Å². The van der Waals surface area contributed by atoms with Crippen molar-refractivity contribution in [3.63, 3.8) is 0 Å². The van der Waals surface area contributed by atoms with Crippen LogP contribution in [-0.4, -0.2) is 47.1 Å². The minimum Gasteiger partial charge on any atom is -0.481 e. The SMILES string of the molecule is CC(C)C/C=C(\CN1CCC2(CC1)NC(=O)C[C@H]2C(=O)O)c1ccccc1. The van der Waals surface area contributed by atoms with Crippen LogP contribution in [0.5, 0.6) is 0 Å². The molecule has 1 aromatic rings. The predicted molar refractivity (Wildman–Crippen MR) is 106 cm³/mol. The number of carbonyl (C=O) groups is 2. The number of nitrogens with one attached hydrogen (secondary N) is 1. The second-order valence-corrected chi connectivity index (χ2v) is 8.30. The third-order valence-corrected chi connectivity index (χ3v) is 5.87. The Hall–Kier alpha value is -2.14. The molecule has 2 fully saturated rings. The number of benzene rings is 1. The largest absolute Gasteiger partial charge is 0.481 e. The van der Waals surface area contributed by atoms with Gasteiger partial charge in [0, 0.05) is 26.1 Å². The van der Waals surface area contributed by atoms with Crippen molar-refractivity contribution in [2.45, 2.75) is 45.1 Å². The Morgan fingerprint density at radius 1 is 1.30 bits per heavy atom. The lowest BCUT2D eigenvalue weighted by atomic mass is 9.77. The zero-order valence-electron chi connectivity index (χ0n) is 16.3. The first kappa shape index (κ1) is 19.6. The van der Waals surface area contributed by atoms with Crippen LogP contribution in [0.2, 0.25) is 0 Å². The van der Waals surface area contributed by atoms with E-state index < -0.39 is 17.4 Å². The van der Waals surface area contributed by atoms with E-state index in [1.807, 2.05) is 6.07 Å². The van der Waals surface area contributed by atoms with Gasteiger partial charge in [-0.05, 0) is 36.3 Å². The highest BCUT2D eigenvalue weighted by Gasteiger charge is 2.51. The van der Waals surface area contributed by atoms with E-state index >= 15 is 0 Å². The Bertz CT molecular complexity index is 704. The maximum absolute atomic E-state index is 11.8. The van der Waals surface area contributed by atoms with E-state index in [0.29, 0.717) is 18.8 Å². The molecule has 2 N–H and O–H groups in total. The van der Waals surface area contributed by atoms with E-state index in [4.69, 9.17) is 0 Å². The molecule has 1 aromatic carbocycles. The lowest BCUT2D eigenvalue weighted by Gasteiger charge is -2.41. The summed E-state index contributed by atoms with van der Waals surface area (Å²) in [4.78, 5) is 25.8. The van der Waals surface area contributed by atoms with Gasteiger partial charge in [0.1, 0.15) is 0 Å². The monoisotopic (exact) mass is 370 g/mol. The van der Waals surface area contributed by atoms with Gasteiger partial charge < -0.3 is 10.4 Å². The molecule has 2 aliphatic rings.